The third kappa shape index (κ3) is 3.90. The minimum atomic E-state index is -0.948. The Morgan fingerprint density at radius 3 is 2.38 bits per heavy atom. The lowest BCUT2D eigenvalue weighted by atomic mass is 9.84. The molecule has 0 bridgehead atoms. The van der Waals surface area contributed by atoms with Crippen molar-refractivity contribution < 1.29 is 9.90 Å². The highest BCUT2D eigenvalue weighted by atomic mass is 35.5. The molecule has 2 heterocycles. The number of rotatable bonds is 3. The van der Waals surface area contributed by atoms with E-state index >= 15 is 0 Å². The van der Waals surface area contributed by atoms with Gasteiger partial charge in [0.25, 0.3) is 5.91 Å². The number of carbonyl (C=O) groups excluding carboxylic acids is 1. The molecule has 0 atom stereocenters. The number of piperidine rings is 1. The summed E-state index contributed by atoms with van der Waals surface area (Å²) in [5.74, 6) is -0.101. The van der Waals surface area contributed by atoms with Gasteiger partial charge in [-0.3, -0.25) is 9.48 Å². The van der Waals surface area contributed by atoms with Gasteiger partial charge in [0.2, 0.25) is 0 Å². The monoisotopic (exact) mass is 429 g/mol. The van der Waals surface area contributed by atoms with E-state index in [9.17, 15) is 9.90 Å². The summed E-state index contributed by atoms with van der Waals surface area (Å²) < 4.78 is 1.58. The zero-order valence-corrected chi connectivity index (χ0v) is 17.5. The van der Waals surface area contributed by atoms with Crippen LogP contribution in [-0.4, -0.2) is 38.8 Å². The van der Waals surface area contributed by atoms with Crippen molar-refractivity contribution in [1.82, 2.24) is 14.7 Å². The van der Waals surface area contributed by atoms with E-state index in [0.29, 0.717) is 47.4 Å². The lowest BCUT2D eigenvalue weighted by molar-refractivity contribution is -0.0213. The molecule has 1 N–H and O–H groups in total. The van der Waals surface area contributed by atoms with Crippen LogP contribution in [0.1, 0.15) is 28.9 Å². The molecule has 0 spiro atoms. The zero-order chi connectivity index (χ0) is 20.6. The largest absolute Gasteiger partial charge is 0.385 e. The lowest BCUT2D eigenvalue weighted by Crippen LogP contribution is -2.45. The summed E-state index contributed by atoms with van der Waals surface area (Å²) in [5, 5.41) is 16.7. The molecule has 1 aliphatic heterocycles. The maximum atomic E-state index is 13.1. The first-order valence-electron chi connectivity index (χ1n) is 9.44. The zero-order valence-electron chi connectivity index (χ0n) is 16.0. The molecule has 29 heavy (non-hydrogen) atoms. The van der Waals surface area contributed by atoms with E-state index in [1.807, 2.05) is 30.3 Å². The first kappa shape index (κ1) is 20.0. The van der Waals surface area contributed by atoms with Gasteiger partial charge in [-0.05, 0) is 42.7 Å². The van der Waals surface area contributed by atoms with Crippen molar-refractivity contribution in [3.05, 3.63) is 75.9 Å². The summed E-state index contributed by atoms with van der Waals surface area (Å²) in [6.45, 7) is 0.926. The van der Waals surface area contributed by atoms with E-state index < -0.39 is 5.60 Å². The van der Waals surface area contributed by atoms with Crippen LogP contribution >= 0.6 is 23.2 Å². The Balaban J connectivity index is 1.50. The van der Waals surface area contributed by atoms with Gasteiger partial charge in [0.05, 0.1) is 16.3 Å². The van der Waals surface area contributed by atoms with Gasteiger partial charge in [-0.1, -0.05) is 53.5 Å². The van der Waals surface area contributed by atoms with Crippen molar-refractivity contribution in [2.24, 2.45) is 7.05 Å². The molecule has 0 aliphatic carbocycles. The fourth-order valence-corrected chi connectivity index (χ4v) is 4.12. The second kappa shape index (κ2) is 7.82. The molecular formula is C22H21Cl2N3O2. The van der Waals surface area contributed by atoms with Gasteiger partial charge < -0.3 is 10.0 Å². The number of aromatic nitrogens is 2. The first-order chi connectivity index (χ1) is 13.9. The Morgan fingerprint density at radius 1 is 1.07 bits per heavy atom. The Kier molecular flexibility index (Phi) is 5.38. The smallest absolute Gasteiger partial charge is 0.272 e. The molecule has 150 valence electrons. The van der Waals surface area contributed by atoms with Gasteiger partial charge >= 0.3 is 0 Å². The van der Waals surface area contributed by atoms with Gasteiger partial charge in [-0.2, -0.15) is 5.10 Å². The van der Waals surface area contributed by atoms with Crippen LogP contribution in [0.3, 0.4) is 0 Å². The number of likely N-dealkylation sites (tertiary alicyclic amines) is 1. The molecule has 2 aromatic carbocycles. The van der Waals surface area contributed by atoms with Gasteiger partial charge in [-0.25, -0.2) is 0 Å². The quantitative estimate of drug-likeness (QED) is 0.665. The van der Waals surface area contributed by atoms with Crippen molar-refractivity contribution in [3.63, 3.8) is 0 Å². The van der Waals surface area contributed by atoms with E-state index in [-0.39, 0.29) is 5.91 Å². The standard InChI is InChI=1S/C22H21Cl2N3O2/c1-26-20(14-19(25-26)17-4-2-3-5-18(17)24)21(28)27-12-10-22(29,11-13-27)15-6-8-16(23)9-7-15/h2-9,14,29H,10-13H2,1H3. The second-order valence-corrected chi connectivity index (χ2v) is 8.19. The van der Waals surface area contributed by atoms with Crippen LogP contribution < -0.4 is 0 Å². The SMILES string of the molecule is Cn1nc(-c2ccccc2Cl)cc1C(=O)N1CCC(O)(c2ccc(Cl)cc2)CC1. The van der Waals surface area contributed by atoms with Gasteiger partial charge in [0.15, 0.2) is 0 Å². The molecule has 1 fully saturated rings. The van der Waals surface area contributed by atoms with Crippen molar-refractivity contribution >= 4 is 29.1 Å². The van der Waals surface area contributed by atoms with E-state index in [0.717, 1.165) is 11.1 Å². The fraction of sp³-hybridized carbons (Fsp3) is 0.273. The van der Waals surface area contributed by atoms with Gasteiger partial charge in [0, 0.05) is 30.7 Å². The average Bonchev–Trinajstić information content (AvgIpc) is 3.10. The summed E-state index contributed by atoms with van der Waals surface area (Å²) >= 11 is 12.2. The summed E-state index contributed by atoms with van der Waals surface area (Å²) in [4.78, 5) is 14.8. The number of halogens is 2. The Hall–Kier alpha value is -2.34. The third-order valence-electron chi connectivity index (χ3n) is 5.51. The topological polar surface area (TPSA) is 58.4 Å². The van der Waals surface area contributed by atoms with Gasteiger partial charge in [0.1, 0.15) is 5.69 Å². The Bertz CT molecular complexity index is 1040. The van der Waals surface area contributed by atoms with Crippen LogP contribution in [0.5, 0.6) is 0 Å². The number of nitrogens with zero attached hydrogens (tertiary/aromatic N) is 3. The van der Waals surface area contributed by atoms with Crippen LogP contribution in [0.25, 0.3) is 11.3 Å². The molecule has 0 unspecified atom stereocenters. The molecule has 1 saturated heterocycles. The minimum Gasteiger partial charge on any atom is -0.385 e. The highest BCUT2D eigenvalue weighted by molar-refractivity contribution is 6.33. The maximum Gasteiger partial charge on any atom is 0.272 e. The fourth-order valence-electron chi connectivity index (χ4n) is 3.76. The number of aryl methyl sites for hydroxylation is 1. The van der Waals surface area contributed by atoms with E-state index in [2.05, 4.69) is 5.10 Å². The molecule has 0 radical (unpaired) electrons. The van der Waals surface area contributed by atoms with Crippen LogP contribution in [0.15, 0.2) is 54.6 Å². The van der Waals surface area contributed by atoms with Crippen LogP contribution in [0.2, 0.25) is 10.0 Å². The predicted octanol–water partition coefficient (Wildman–Crippen LogP) is 4.52. The summed E-state index contributed by atoms with van der Waals surface area (Å²) in [6.07, 6.45) is 0.936. The van der Waals surface area contributed by atoms with E-state index in [1.54, 1.807) is 40.9 Å². The predicted molar refractivity (Wildman–Crippen MR) is 114 cm³/mol. The summed E-state index contributed by atoms with van der Waals surface area (Å²) in [6, 6.07) is 16.4. The Labute approximate surface area is 179 Å². The first-order valence-corrected chi connectivity index (χ1v) is 10.2. The molecule has 1 aromatic heterocycles. The second-order valence-electron chi connectivity index (χ2n) is 7.35. The van der Waals surface area contributed by atoms with Gasteiger partial charge in [-0.15, -0.1) is 0 Å². The van der Waals surface area contributed by atoms with Crippen LogP contribution in [0.4, 0.5) is 0 Å². The molecule has 1 amide bonds. The van der Waals surface area contributed by atoms with Crippen LogP contribution in [0, 0.1) is 0 Å². The highest BCUT2D eigenvalue weighted by Gasteiger charge is 2.36. The molecule has 1 aliphatic rings. The van der Waals surface area contributed by atoms with Crippen molar-refractivity contribution in [2.75, 3.05) is 13.1 Å². The number of hydrogen-bond donors (Lipinski definition) is 1. The highest BCUT2D eigenvalue weighted by Crippen LogP contribution is 2.34. The number of aliphatic hydroxyl groups is 1. The molecule has 7 heteroatoms. The van der Waals surface area contributed by atoms with Crippen molar-refractivity contribution in [2.45, 2.75) is 18.4 Å². The third-order valence-corrected chi connectivity index (χ3v) is 6.09. The van der Waals surface area contributed by atoms with Crippen LogP contribution in [-0.2, 0) is 12.6 Å². The van der Waals surface area contributed by atoms with Crippen molar-refractivity contribution in [1.29, 1.82) is 0 Å². The molecule has 4 rings (SSSR count). The normalized spacial score (nSPS) is 16.1. The molecule has 3 aromatic rings. The number of hydrogen-bond acceptors (Lipinski definition) is 3. The van der Waals surface area contributed by atoms with E-state index in [1.165, 1.54) is 0 Å². The van der Waals surface area contributed by atoms with Crippen molar-refractivity contribution in [3.8, 4) is 11.3 Å². The number of benzene rings is 2. The maximum absolute atomic E-state index is 13.1. The molecule has 5 nitrogen and oxygen atoms in total. The minimum absolute atomic E-state index is 0.101. The number of carbonyl (C=O) groups is 1. The van der Waals surface area contributed by atoms with E-state index in [4.69, 9.17) is 23.2 Å². The molecular weight excluding hydrogens is 409 g/mol. The summed E-state index contributed by atoms with van der Waals surface area (Å²) in [7, 11) is 1.75. The Morgan fingerprint density at radius 2 is 1.72 bits per heavy atom. The number of amides is 1. The summed E-state index contributed by atoms with van der Waals surface area (Å²) in [5.41, 5.74) is 1.83. The average molecular weight is 430 g/mol. The molecule has 0 saturated carbocycles. The lowest BCUT2D eigenvalue weighted by Gasteiger charge is -2.38.